The minimum absolute atomic E-state index is 0.175. The molecule has 1 aromatic rings. The van der Waals surface area contributed by atoms with Gasteiger partial charge in [0.1, 0.15) is 0 Å². The van der Waals surface area contributed by atoms with E-state index >= 15 is 0 Å². The maximum absolute atomic E-state index is 6.20. The summed E-state index contributed by atoms with van der Waals surface area (Å²) >= 11 is 2.06. The van der Waals surface area contributed by atoms with Gasteiger partial charge in [0.2, 0.25) is 0 Å². The molecule has 3 atom stereocenters. The summed E-state index contributed by atoms with van der Waals surface area (Å²) in [6.07, 6.45) is 4.83. The van der Waals surface area contributed by atoms with Crippen LogP contribution in [0.3, 0.4) is 0 Å². The molecule has 0 aromatic heterocycles. The van der Waals surface area contributed by atoms with Crippen molar-refractivity contribution in [3.63, 3.8) is 0 Å². The summed E-state index contributed by atoms with van der Waals surface area (Å²) in [5.41, 5.74) is 1.62. The van der Waals surface area contributed by atoms with Crippen LogP contribution in [0.15, 0.2) is 30.3 Å². The highest BCUT2D eigenvalue weighted by molar-refractivity contribution is 7.99. The molecule has 0 amide bonds. The molecule has 1 aromatic carbocycles. The van der Waals surface area contributed by atoms with Gasteiger partial charge in [0.05, 0.1) is 5.60 Å². The Hall–Kier alpha value is -0.510. The van der Waals surface area contributed by atoms with Gasteiger partial charge in [-0.3, -0.25) is 0 Å². The molecule has 3 unspecified atom stereocenters. The molecule has 2 nitrogen and oxygen atoms in total. The SMILES string of the molecule is CCCNC(c1ccccc1)C1CCOC2(CCSC2)C1. The molecular formula is C18H27NOS. The van der Waals surface area contributed by atoms with E-state index in [4.69, 9.17) is 4.74 Å². The molecule has 116 valence electrons. The zero-order valence-electron chi connectivity index (χ0n) is 13.0. The van der Waals surface area contributed by atoms with Crippen LogP contribution < -0.4 is 5.32 Å². The van der Waals surface area contributed by atoms with Gasteiger partial charge in [-0.15, -0.1) is 0 Å². The summed E-state index contributed by atoms with van der Waals surface area (Å²) < 4.78 is 6.20. The summed E-state index contributed by atoms with van der Waals surface area (Å²) in [6, 6.07) is 11.5. The van der Waals surface area contributed by atoms with Gasteiger partial charge in [0.25, 0.3) is 0 Å². The first-order valence-electron chi connectivity index (χ1n) is 8.33. The van der Waals surface area contributed by atoms with Crippen molar-refractivity contribution in [2.24, 2.45) is 5.92 Å². The van der Waals surface area contributed by atoms with Gasteiger partial charge in [-0.1, -0.05) is 37.3 Å². The normalized spacial score (nSPS) is 30.6. The fraction of sp³-hybridized carbons (Fsp3) is 0.667. The van der Waals surface area contributed by atoms with E-state index < -0.39 is 0 Å². The Bertz CT molecular complexity index is 430. The Morgan fingerprint density at radius 2 is 2.24 bits per heavy atom. The monoisotopic (exact) mass is 305 g/mol. The Morgan fingerprint density at radius 3 is 2.95 bits per heavy atom. The van der Waals surface area contributed by atoms with Crippen molar-refractivity contribution in [3.05, 3.63) is 35.9 Å². The molecule has 1 spiro atoms. The topological polar surface area (TPSA) is 21.3 Å². The summed E-state index contributed by atoms with van der Waals surface area (Å²) in [5, 5.41) is 3.80. The molecule has 0 saturated carbocycles. The van der Waals surface area contributed by atoms with E-state index in [2.05, 4.69) is 54.3 Å². The summed E-state index contributed by atoms with van der Waals surface area (Å²) in [6.45, 7) is 4.27. The molecule has 0 bridgehead atoms. The lowest BCUT2D eigenvalue weighted by Gasteiger charge is -2.41. The Morgan fingerprint density at radius 1 is 1.38 bits per heavy atom. The number of benzene rings is 1. The summed E-state index contributed by atoms with van der Waals surface area (Å²) in [4.78, 5) is 0. The fourth-order valence-electron chi connectivity index (χ4n) is 3.73. The molecule has 0 radical (unpaired) electrons. The number of thioether (sulfide) groups is 1. The van der Waals surface area contributed by atoms with E-state index in [9.17, 15) is 0 Å². The predicted molar refractivity (Wildman–Crippen MR) is 90.8 cm³/mol. The standard InChI is InChI=1S/C18H27NOS/c1-2-10-19-17(15-6-4-3-5-7-15)16-8-11-20-18(13-16)9-12-21-14-18/h3-7,16-17,19H,2,8-14H2,1H3. The van der Waals surface area contributed by atoms with Crippen molar-refractivity contribution in [1.29, 1.82) is 0 Å². The van der Waals surface area contributed by atoms with Crippen LogP contribution in [0, 0.1) is 5.92 Å². The molecule has 3 heteroatoms. The second kappa shape index (κ2) is 7.17. The van der Waals surface area contributed by atoms with Gasteiger partial charge in [-0.25, -0.2) is 0 Å². The number of nitrogens with one attached hydrogen (secondary N) is 1. The third kappa shape index (κ3) is 3.64. The number of ether oxygens (including phenoxy) is 1. The van der Waals surface area contributed by atoms with Crippen molar-refractivity contribution in [1.82, 2.24) is 5.32 Å². The fourth-order valence-corrected chi connectivity index (χ4v) is 5.11. The average molecular weight is 305 g/mol. The minimum Gasteiger partial charge on any atom is -0.374 e. The smallest absolute Gasteiger partial charge is 0.0783 e. The van der Waals surface area contributed by atoms with Crippen LogP contribution in [0.5, 0.6) is 0 Å². The quantitative estimate of drug-likeness (QED) is 0.887. The van der Waals surface area contributed by atoms with E-state index in [1.165, 1.54) is 42.8 Å². The third-order valence-corrected chi connectivity index (χ3v) is 6.07. The maximum Gasteiger partial charge on any atom is 0.0783 e. The Balaban J connectivity index is 1.75. The van der Waals surface area contributed by atoms with Crippen LogP contribution in [0.4, 0.5) is 0 Å². The first-order chi connectivity index (χ1) is 10.3. The molecule has 2 saturated heterocycles. The van der Waals surface area contributed by atoms with Crippen LogP contribution in [0.25, 0.3) is 0 Å². The van der Waals surface area contributed by atoms with Crippen molar-refractivity contribution < 1.29 is 4.74 Å². The molecule has 2 aliphatic rings. The molecule has 2 fully saturated rings. The second-order valence-corrected chi connectivity index (χ2v) is 7.53. The van der Waals surface area contributed by atoms with Gasteiger partial charge in [-0.2, -0.15) is 11.8 Å². The average Bonchev–Trinajstić information content (AvgIpc) is 2.97. The third-order valence-electron chi connectivity index (χ3n) is 4.84. The van der Waals surface area contributed by atoms with Crippen LogP contribution >= 0.6 is 11.8 Å². The summed E-state index contributed by atoms with van der Waals surface area (Å²) in [5.74, 6) is 3.16. The van der Waals surface area contributed by atoms with Crippen molar-refractivity contribution in [3.8, 4) is 0 Å². The lowest BCUT2D eigenvalue weighted by atomic mass is 9.79. The largest absolute Gasteiger partial charge is 0.374 e. The zero-order chi connectivity index (χ0) is 14.5. The minimum atomic E-state index is 0.175. The lowest BCUT2D eigenvalue weighted by molar-refractivity contribution is -0.0854. The van der Waals surface area contributed by atoms with Crippen molar-refractivity contribution in [2.45, 2.75) is 44.2 Å². The highest BCUT2D eigenvalue weighted by Gasteiger charge is 2.42. The molecular weight excluding hydrogens is 278 g/mol. The molecule has 2 heterocycles. The highest BCUT2D eigenvalue weighted by atomic mass is 32.2. The van der Waals surface area contributed by atoms with Crippen LogP contribution in [0.2, 0.25) is 0 Å². The van der Waals surface area contributed by atoms with E-state index in [1.807, 2.05) is 0 Å². The second-order valence-electron chi connectivity index (χ2n) is 6.43. The molecule has 2 aliphatic heterocycles. The van der Waals surface area contributed by atoms with Gasteiger partial charge in [0.15, 0.2) is 0 Å². The van der Waals surface area contributed by atoms with Gasteiger partial charge in [-0.05, 0) is 49.5 Å². The first kappa shape index (κ1) is 15.4. The zero-order valence-corrected chi connectivity index (χ0v) is 13.8. The van der Waals surface area contributed by atoms with Crippen LogP contribution in [-0.4, -0.2) is 30.3 Å². The Kier molecular flexibility index (Phi) is 5.25. The van der Waals surface area contributed by atoms with Gasteiger partial charge in [0, 0.05) is 18.4 Å². The first-order valence-corrected chi connectivity index (χ1v) is 9.48. The van der Waals surface area contributed by atoms with E-state index in [-0.39, 0.29) is 5.60 Å². The highest BCUT2D eigenvalue weighted by Crippen LogP contribution is 2.43. The van der Waals surface area contributed by atoms with Crippen LogP contribution in [0.1, 0.15) is 44.2 Å². The van der Waals surface area contributed by atoms with Crippen molar-refractivity contribution in [2.75, 3.05) is 24.7 Å². The summed E-state index contributed by atoms with van der Waals surface area (Å²) in [7, 11) is 0. The van der Waals surface area contributed by atoms with E-state index in [0.29, 0.717) is 12.0 Å². The molecule has 3 rings (SSSR count). The van der Waals surface area contributed by atoms with Gasteiger partial charge >= 0.3 is 0 Å². The number of hydrogen-bond acceptors (Lipinski definition) is 3. The van der Waals surface area contributed by atoms with Crippen molar-refractivity contribution >= 4 is 11.8 Å². The Labute approximate surface area is 133 Å². The van der Waals surface area contributed by atoms with Gasteiger partial charge < -0.3 is 10.1 Å². The van der Waals surface area contributed by atoms with E-state index in [1.54, 1.807) is 0 Å². The molecule has 1 N–H and O–H groups in total. The predicted octanol–water partition coefficient (Wildman–Crippen LogP) is 4.03. The number of rotatable bonds is 5. The maximum atomic E-state index is 6.20. The lowest BCUT2D eigenvalue weighted by Crippen LogP contribution is -2.43. The molecule has 21 heavy (non-hydrogen) atoms. The molecule has 0 aliphatic carbocycles. The number of hydrogen-bond donors (Lipinski definition) is 1. The van der Waals surface area contributed by atoms with Crippen LogP contribution in [-0.2, 0) is 4.74 Å². The van der Waals surface area contributed by atoms with E-state index in [0.717, 1.165) is 13.2 Å².